The van der Waals surface area contributed by atoms with Gasteiger partial charge in [0.2, 0.25) is 0 Å². The highest BCUT2D eigenvalue weighted by atomic mass is 19.2. The Kier molecular flexibility index (Phi) is 2.00. The molecule has 70 valence electrons. The first kappa shape index (κ1) is 8.56. The fraction of sp³-hybridized carbons (Fsp3) is 0.333. The van der Waals surface area contributed by atoms with Gasteiger partial charge < -0.3 is 5.32 Å². The van der Waals surface area contributed by atoms with Crippen LogP contribution in [0.25, 0.3) is 0 Å². The van der Waals surface area contributed by atoms with Crippen molar-refractivity contribution in [3.05, 3.63) is 35.1 Å². The van der Waals surface area contributed by atoms with Crippen LogP contribution in [0.3, 0.4) is 0 Å². The van der Waals surface area contributed by atoms with Crippen molar-refractivity contribution >= 4 is 0 Å². The summed E-state index contributed by atoms with van der Waals surface area (Å²) < 4.78 is 38.3. The first-order chi connectivity index (χ1) is 6.20. The van der Waals surface area contributed by atoms with Crippen molar-refractivity contribution in [1.29, 1.82) is 0 Å². The number of nitrogens with one attached hydrogen (secondary N) is 1. The van der Waals surface area contributed by atoms with Crippen molar-refractivity contribution in [3.8, 4) is 0 Å². The molecule has 2 rings (SSSR count). The highest BCUT2D eigenvalue weighted by Crippen LogP contribution is 2.27. The van der Waals surface area contributed by atoms with Crippen LogP contribution in [0.5, 0.6) is 0 Å². The summed E-state index contributed by atoms with van der Waals surface area (Å²) in [5.74, 6) is -3.59. The Labute approximate surface area is 73.6 Å². The average Bonchev–Trinajstić information content (AvgIpc) is 2.03. The predicted molar refractivity (Wildman–Crippen MR) is 41.7 cm³/mol. The molecular formula is C9H8F3N. The Morgan fingerprint density at radius 3 is 2.38 bits per heavy atom. The van der Waals surface area contributed by atoms with E-state index >= 15 is 0 Å². The second kappa shape index (κ2) is 3.03. The molecule has 1 aromatic rings. The zero-order valence-corrected chi connectivity index (χ0v) is 6.78. The molecule has 4 heteroatoms. The van der Waals surface area contributed by atoms with Gasteiger partial charge in [0.1, 0.15) is 0 Å². The Morgan fingerprint density at radius 1 is 1.15 bits per heavy atom. The van der Waals surface area contributed by atoms with E-state index in [0.717, 1.165) is 19.0 Å². The molecule has 1 atom stereocenters. The van der Waals surface area contributed by atoms with E-state index in [1.807, 2.05) is 0 Å². The van der Waals surface area contributed by atoms with Crippen molar-refractivity contribution in [1.82, 2.24) is 5.32 Å². The maximum atomic E-state index is 13.1. The van der Waals surface area contributed by atoms with E-state index in [4.69, 9.17) is 0 Å². The topological polar surface area (TPSA) is 12.0 Å². The maximum Gasteiger partial charge on any atom is 0.194 e. The predicted octanol–water partition coefficient (Wildman–Crippen LogP) is 2.14. The summed E-state index contributed by atoms with van der Waals surface area (Å²) in [6.07, 6.45) is 0.766. The van der Waals surface area contributed by atoms with Gasteiger partial charge in [-0.3, -0.25) is 0 Å². The van der Waals surface area contributed by atoms with Crippen LogP contribution in [-0.2, 0) is 0 Å². The van der Waals surface area contributed by atoms with Crippen LogP contribution in [0.2, 0.25) is 0 Å². The Morgan fingerprint density at radius 2 is 1.85 bits per heavy atom. The van der Waals surface area contributed by atoms with Crippen LogP contribution in [0.15, 0.2) is 12.1 Å². The fourth-order valence-electron chi connectivity index (χ4n) is 1.36. The molecule has 0 saturated carbocycles. The minimum atomic E-state index is -1.38. The Bertz CT molecular complexity index is 334. The lowest BCUT2D eigenvalue weighted by Crippen LogP contribution is -2.35. The highest BCUT2D eigenvalue weighted by molar-refractivity contribution is 5.25. The lowest BCUT2D eigenvalue weighted by Gasteiger charge is -2.28. The molecule has 0 aliphatic carbocycles. The second-order valence-electron chi connectivity index (χ2n) is 3.06. The number of rotatable bonds is 1. The van der Waals surface area contributed by atoms with E-state index in [9.17, 15) is 13.2 Å². The van der Waals surface area contributed by atoms with Gasteiger partial charge in [-0.15, -0.1) is 0 Å². The van der Waals surface area contributed by atoms with E-state index in [2.05, 4.69) is 5.32 Å². The Hall–Kier alpha value is -1.03. The van der Waals surface area contributed by atoms with Crippen molar-refractivity contribution in [2.24, 2.45) is 0 Å². The smallest absolute Gasteiger partial charge is 0.194 e. The van der Waals surface area contributed by atoms with E-state index in [-0.39, 0.29) is 11.6 Å². The van der Waals surface area contributed by atoms with E-state index in [0.29, 0.717) is 0 Å². The first-order valence-electron chi connectivity index (χ1n) is 4.07. The largest absolute Gasteiger partial charge is 0.310 e. The van der Waals surface area contributed by atoms with E-state index < -0.39 is 17.5 Å². The summed E-state index contributed by atoms with van der Waals surface area (Å²) in [7, 11) is 0. The molecule has 13 heavy (non-hydrogen) atoms. The molecule has 1 aromatic carbocycles. The third kappa shape index (κ3) is 1.31. The molecule has 0 spiro atoms. The van der Waals surface area contributed by atoms with Crippen molar-refractivity contribution < 1.29 is 13.2 Å². The zero-order valence-electron chi connectivity index (χ0n) is 6.78. The summed E-state index contributed by atoms with van der Waals surface area (Å²) in [6, 6.07) is 2.08. The molecule has 0 unspecified atom stereocenters. The number of hydrogen-bond donors (Lipinski definition) is 1. The summed E-state index contributed by atoms with van der Waals surface area (Å²) in [6.45, 7) is 0.795. The molecular weight excluding hydrogens is 179 g/mol. The van der Waals surface area contributed by atoms with Crippen LogP contribution in [0.4, 0.5) is 13.2 Å². The molecule has 1 aliphatic heterocycles. The minimum Gasteiger partial charge on any atom is -0.310 e. The van der Waals surface area contributed by atoms with E-state index in [1.54, 1.807) is 0 Å². The molecule has 0 radical (unpaired) electrons. The van der Waals surface area contributed by atoms with Crippen LogP contribution in [-0.4, -0.2) is 6.54 Å². The second-order valence-corrected chi connectivity index (χ2v) is 3.06. The molecule has 0 aromatic heterocycles. The number of hydrogen-bond acceptors (Lipinski definition) is 1. The average molecular weight is 187 g/mol. The van der Waals surface area contributed by atoms with Crippen LogP contribution in [0.1, 0.15) is 18.0 Å². The van der Waals surface area contributed by atoms with Gasteiger partial charge >= 0.3 is 0 Å². The summed E-state index contributed by atoms with van der Waals surface area (Å²) >= 11 is 0. The lowest BCUT2D eigenvalue weighted by atomic mass is 9.97. The molecule has 1 saturated heterocycles. The summed E-state index contributed by atoms with van der Waals surface area (Å²) in [4.78, 5) is 0. The zero-order chi connectivity index (χ0) is 9.42. The molecule has 1 nitrogen and oxygen atoms in total. The van der Waals surface area contributed by atoms with Gasteiger partial charge in [0, 0.05) is 11.6 Å². The quantitative estimate of drug-likeness (QED) is 0.664. The van der Waals surface area contributed by atoms with Gasteiger partial charge in [-0.25, -0.2) is 13.2 Å². The van der Waals surface area contributed by atoms with E-state index in [1.165, 1.54) is 6.07 Å². The van der Waals surface area contributed by atoms with Crippen LogP contribution < -0.4 is 5.32 Å². The minimum absolute atomic E-state index is 0.157. The third-order valence-electron chi connectivity index (χ3n) is 2.26. The summed E-state index contributed by atoms with van der Waals surface area (Å²) in [5.41, 5.74) is 0.213. The fourth-order valence-corrected chi connectivity index (χ4v) is 1.36. The monoisotopic (exact) mass is 187 g/mol. The summed E-state index contributed by atoms with van der Waals surface area (Å²) in [5, 5.41) is 2.92. The van der Waals surface area contributed by atoms with Gasteiger partial charge in [-0.05, 0) is 19.0 Å². The SMILES string of the molecule is Fc1ccc([C@H]2CCN2)c(F)c1F. The molecule has 0 bridgehead atoms. The van der Waals surface area contributed by atoms with Gasteiger partial charge in [0.15, 0.2) is 17.5 Å². The lowest BCUT2D eigenvalue weighted by molar-refractivity contribution is 0.357. The molecule has 1 heterocycles. The normalized spacial score (nSPS) is 21.3. The Balaban J connectivity index is 2.41. The number of benzene rings is 1. The third-order valence-corrected chi connectivity index (χ3v) is 2.26. The van der Waals surface area contributed by atoms with Crippen molar-refractivity contribution in [2.45, 2.75) is 12.5 Å². The first-order valence-corrected chi connectivity index (χ1v) is 4.07. The standard InChI is InChI=1S/C9H8F3N/c10-6-2-1-5(7-3-4-13-7)8(11)9(6)12/h1-2,7,13H,3-4H2/t7-/m1/s1. The van der Waals surface area contributed by atoms with Gasteiger partial charge in [-0.2, -0.15) is 0 Å². The van der Waals surface area contributed by atoms with Gasteiger partial charge in [0.05, 0.1) is 0 Å². The number of halogens is 3. The van der Waals surface area contributed by atoms with Crippen molar-refractivity contribution in [2.75, 3.05) is 6.54 Å². The van der Waals surface area contributed by atoms with Crippen LogP contribution >= 0.6 is 0 Å². The van der Waals surface area contributed by atoms with Gasteiger partial charge in [0.25, 0.3) is 0 Å². The highest BCUT2D eigenvalue weighted by Gasteiger charge is 2.24. The molecule has 0 amide bonds. The molecule has 1 N–H and O–H groups in total. The van der Waals surface area contributed by atoms with Crippen molar-refractivity contribution in [3.63, 3.8) is 0 Å². The van der Waals surface area contributed by atoms with Gasteiger partial charge in [-0.1, -0.05) is 6.07 Å². The molecule has 1 fully saturated rings. The van der Waals surface area contributed by atoms with Crippen LogP contribution in [0, 0.1) is 17.5 Å². The maximum absolute atomic E-state index is 13.1. The molecule has 1 aliphatic rings.